The van der Waals surface area contributed by atoms with Crippen LogP contribution in [0.5, 0.6) is 11.5 Å². The first kappa shape index (κ1) is 29.8. The summed E-state index contributed by atoms with van der Waals surface area (Å²) in [4.78, 5) is 31.8. The monoisotopic (exact) mass is 610 g/mol. The van der Waals surface area contributed by atoms with Crippen LogP contribution < -0.4 is 10.1 Å². The lowest BCUT2D eigenvalue weighted by Gasteiger charge is -2.14. The number of fused-ring (bicyclic) bond motifs is 1. The third kappa shape index (κ3) is 6.49. The van der Waals surface area contributed by atoms with Crippen LogP contribution in [0.25, 0.3) is 20.7 Å². The van der Waals surface area contributed by atoms with Gasteiger partial charge in [0.05, 0.1) is 28.4 Å². The van der Waals surface area contributed by atoms with E-state index in [1.54, 1.807) is 24.4 Å². The first-order valence-corrected chi connectivity index (χ1v) is 15.9. The maximum atomic E-state index is 15.3. The van der Waals surface area contributed by atoms with Crippen molar-refractivity contribution in [1.29, 1.82) is 0 Å². The SMILES string of the molecule is CCCNCCn1cc(-c2cc3nccc(Oc4ccc(CC(=O)C5(C(=O)Cc6ccc(C)cc6)CC5)cc4F)c3s2)cn1. The molecule has 0 radical (unpaired) electrons. The van der Waals surface area contributed by atoms with Crippen molar-refractivity contribution in [3.05, 3.63) is 95.7 Å². The highest BCUT2D eigenvalue weighted by Gasteiger charge is 2.54. The fourth-order valence-electron chi connectivity index (χ4n) is 5.35. The average Bonchev–Trinajstić information content (AvgIpc) is 3.50. The van der Waals surface area contributed by atoms with Gasteiger partial charge in [-0.1, -0.05) is 42.8 Å². The molecule has 7 nitrogen and oxygen atoms in total. The minimum atomic E-state index is -0.946. The van der Waals surface area contributed by atoms with Gasteiger partial charge in [0, 0.05) is 48.3 Å². The van der Waals surface area contributed by atoms with Crippen LogP contribution in [-0.4, -0.2) is 39.4 Å². The minimum absolute atomic E-state index is 0.00692. The number of benzene rings is 2. The van der Waals surface area contributed by atoms with Crippen LogP contribution in [0.15, 0.2) is 73.2 Å². The molecule has 0 atom stereocenters. The maximum Gasteiger partial charge on any atom is 0.166 e. The predicted octanol–water partition coefficient (Wildman–Crippen LogP) is 7.10. The van der Waals surface area contributed by atoms with E-state index in [1.165, 1.54) is 17.4 Å². The largest absolute Gasteiger partial charge is 0.453 e. The molecule has 2 aromatic carbocycles. The third-order valence-corrected chi connectivity index (χ3v) is 9.31. The Balaban J connectivity index is 1.12. The van der Waals surface area contributed by atoms with Gasteiger partial charge in [-0.25, -0.2) is 4.39 Å². The topological polar surface area (TPSA) is 86.1 Å². The number of halogens is 1. The van der Waals surface area contributed by atoms with Crippen molar-refractivity contribution < 1.29 is 18.7 Å². The number of carbonyl (C=O) groups excluding carboxylic acids is 2. The quantitative estimate of drug-likeness (QED) is 0.107. The summed E-state index contributed by atoms with van der Waals surface area (Å²) in [5.74, 6) is -0.201. The molecular formula is C35H35FN4O3S. The minimum Gasteiger partial charge on any atom is -0.453 e. The van der Waals surface area contributed by atoms with E-state index in [1.807, 2.05) is 54.3 Å². The highest BCUT2D eigenvalue weighted by molar-refractivity contribution is 7.22. The van der Waals surface area contributed by atoms with Gasteiger partial charge in [0.15, 0.2) is 23.1 Å². The fourth-order valence-corrected chi connectivity index (χ4v) is 6.39. The number of rotatable bonds is 14. The number of pyridine rings is 1. The van der Waals surface area contributed by atoms with Crippen LogP contribution in [-0.2, 0) is 29.0 Å². The molecule has 1 aliphatic rings. The Morgan fingerprint density at radius 1 is 1.00 bits per heavy atom. The van der Waals surface area contributed by atoms with Gasteiger partial charge in [-0.05, 0) is 62.1 Å². The molecule has 3 heterocycles. The van der Waals surface area contributed by atoms with E-state index in [9.17, 15) is 9.59 Å². The fraction of sp³-hybridized carbons (Fsp3) is 0.314. The van der Waals surface area contributed by atoms with E-state index in [0.29, 0.717) is 24.2 Å². The molecule has 6 rings (SSSR count). The molecule has 0 bridgehead atoms. The van der Waals surface area contributed by atoms with Crippen molar-refractivity contribution in [2.45, 2.75) is 52.5 Å². The van der Waals surface area contributed by atoms with E-state index in [2.05, 4.69) is 22.3 Å². The van der Waals surface area contributed by atoms with Gasteiger partial charge >= 0.3 is 0 Å². The molecule has 9 heteroatoms. The number of hydrogen-bond donors (Lipinski definition) is 1. The number of ether oxygens (including phenoxy) is 1. The maximum absolute atomic E-state index is 15.3. The summed E-state index contributed by atoms with van der Waals surface area (Å²) >= 11 is 1.52. The summed E-state index contributed by atoms with van der Waals surface area (Å²) in [6.07, 6.45) is 7.94. The number of Topliss-reactive ketones (excluding diaryl/α,β-unsaturated/α-hetero) is 2. The zero-order valence-electron chi connectivity index (χ0n) is 24.9. The molecule has 1 fully saturated rings. The molecule has 0 aliphatic heterocycles. The second-order valence-electron chi connectivity index (χ2n) is 11.5. The molecule has 3 aromatic heterocycles. The lowest BCUT2D eigenvalue weighted by molar-refractivity contribution is -0.133. The van der Waals surface area contributed by atoms with Gasteiger partial charge in [0.1, 0.15) is 5.75 Å². The summed E-state index contributed by atoms with van der Waals surface area (Å²) in [7, 11) is 0. The number of nitrogens with one attached hydrogen (secondary N) is 1. The van der Waals surface area contributed by atoms with Crippen molar-refractivity contribution in [3.8, 4) is 21.9 Å². The molecule has 1 saturated carbocycles. The molecular weight excluding hydrogens is 575 g/mol. The number of aromatic nitrogens is 3. The first-order chi connectivity index (χ1) is 21.3. The Hall–Kier alpha value is -4.21. The van der Waals surface area contributed by atoms with Gasteiger partial charge < -0.3 is 10.1 Å². The number of aryl methyl sites for hydroxylation is 1. The number of thiophene rings is 1. The van der Waals surface area contributed by atoms with E-state index in [0.717, 1.165) is 57.8 Å². The van der Waals surface area contributed by atoms with Crippen LogP contribution in [0, 0.1) is 18.2 Å². The van der Waals surface area contributed by atoms with E-state index >= 15 is 4.39 Å². The summed E-state index contributed by atoms with van der Waals surface area (Å²) in [5, 5.41) is 7.86. The lowest BCUT2D eigenvalue weighted by atomic mass is 9.87. The average molecular weight is 611 g/mol. The number of hydrogen-bond acceptors (Lipinski definition) is 7. The molecule has 226 valence electrons. The Bertz CT molecular complexity index is 1810. The van der Waals surface area contributed by atoms with E-state index in [4.69, 9.17) is 4.74 Å². The molecule has 1 N–H and O–H groups in total. The van der Waals surface area contributed by atoms with Crippen LogP contribution in [0.4, 0.5) is 4.39 Å². The normalized spacial score (nSPS) is 13.7. The van der Waals surface area contributed by atoms with Gasteiger partial charge in [-0.2, -0.15) is 5.10 Å². The van der Waals surface area contributed by atoms with Crippen LogP contribution >= 0.6 is 11.3 Å². The third-order valence-electron chi connectivity index (χ3n) is 8.12. The summed E-state index contributed by atoms with van der Waals surface area (Å²) < 4.78 is 24.0. The van der Waals surface area contributed by atoms with Crippen LogP contribution in [0.3, 0.4) is 0 Å². The highest BCUT2D eigenvalue weighted by atomic mass is 32.1. The molecule has 0 amide bonds. The zero-order valence-corrected chi connectivity index (χ0v) is 25.8. The van der Waals surface area contributed by atoms with Gasteiger partial charge in [-0.15, -0.1) is 11.3 Å². The second-order valence-corrected chi connectivity index (χ2v) is 12.6. The highest BCUT2D eigenvalue weighted by Crippen LogP contribution is 2.49. The smallest absolute Gasteiger partial charge is 0.166 e. The van der Waals surface area contributed by atoms with Crippen molar-refractivity contribution in [2.24, 2.45) is 5.41 Å². The molecule has 0 unspecified atom stereocenters. The predicted molar refractivity (Wildman–Crippen MR) is 171 cm³/mol. The lowest BCUT2D eigenvalue weighted by Crippen LogP contribution is -2.28. The van der Waals surface area contributed by atoms with Gasteiger partial charge in [0.25, 0.3) is 0 Å². The molecule has 0 saturated heterocycles. The van der Waals surface area contributed by atoms with E-state index < -0.39 is 11.2 Å². The van der Waals surface area contributed by atoms with Gasteiger partial charge in [0.2, 0.25) is 0 Å². The first-order valence-electron chi connectivity index (χ1n) is 15.0. The Labute approximate surface area is 260 Å². The Morgan fingerprint density at radius 2 is 1.75 bits per heavy atom. The second kappa shape index (κ2) is 12.8. The van der Waals surface area contributed by atoms with Crippen molar-refractivity contribution in [3.63, 3.8) is 0 Å². The Morgan fingerprint density at radius 3 is 2.48 bits per heavy atom. The summed E-state index contributed by atoms with van der Waals surface area (Å²) in [6.45, 7) is 6.75. The number of carbonyl (C=O) groups is 2. The van der Waals surface area contributed by atoms with Crippen LogP contribution in [0.1, 0.15) is 42.9 Å². The van der Waals surface area contributed by atoms with Crippen molar-refractivity contribution >= 4 is 33.1 Å². The zero-order chi connectivity index (χ0) is 30.7. The van der Waals surface area contributed by atoms with E-state index in [-0.39, 0.29) is 30.2 Å². The Kier molecular flexibility index (Phi) is 8.68. The molecule has 1 aliphatic carbocycles. The van der Waals surface area contributed by atoms with Crippen molar-refractivity contribution in [2.75, 3.05) is 13.1 Å². The number of nitrogens with zero attached hydrogens (tertiary/aromatic N) is 3. The number of ketones is 2. The summed E-state index contributed by atoms with van der Waals surface area (Å²) in [6, 6.07) is 16.1. The van der Waals surface area contributed by atoms with Crippen molar-refractivity contribution in [1.82, 2.24) is 20.1 Å². The molecule has 44 heavy (non-hydrogen) atoms. The molecule has 5 aromatic rings. The van der Waals surface area contributed by atoms with Crippen LogP contribution in [0.2, 0.25) is 0 Å². The standard InChI is InChI=1S/C35H35FN4O3S/c1-3-13-37-15-16-40-22-26(21-39-40)31-20-28-34(44-31)30(10-14-38-28)43-29-9-8-25(17-27(29)36)19-33(42)35(11-12-35)32(41)18-24-6-4-23(2)5-7-24/h4-10,14,17,20-22,37H,3,11-13,15-16,18-19H2,1-2H3. The van der Waals surface area contributed by atoms with Gasteiger partial charge in [-0.3, -0.25) is 19.3 Å². The molecule has 0 spiro atoms. The summed E-state index contributed by atoms with van der Waals surface area (Å²) in [5.41, 5.74) is 3.34.